The highest BCUT2D eigenvalue weighted by atomic mass is 16.7. The molecule has 0 aromatic carbocycles. The zero-order chi connectivity index (χ0) is 42.0. The molecule has 4 aliphatic carbocycles. The van der Waals surface area contributed by atoms with Crippen molar-refractivity contribution in [2.75, 3.05) is 0 Å². The van der Waals surface area contributed by atoms with Gasteiger partial charge in [0.05, 0.1) is 11.2 Å². The first-order valence-corrected chi connectivity index (χ1v) is 19.4. The Balaban J connectivity index is -0.0000000342. The Bertz CT molecular complexity index is 2330. The standard InChI is InChI=1S/C27H4.C26H46O2.O2.22H2/c1-3-5-7-9-11-13-15-17-19-21-23-25-27-26-24-22-20-18-16-14-12-10-8-6-4-2;1-17(10-13-24(2,3)27)22-8-9-23-21-7-6-18-16-25(4,28)14-11-19(18)20(21)12-15-26(22,23)5;1-2;;;;;;;;;;;;;;;;;;;;;;/h1H,2H3;17-23,27-28H,6-16H2,1-5H3;;22*1H/t;17-,18+,19+,20-,21-,22-,23+,25-,26-;;;;;;;;;;;;;;;;;;;;;;;/m.1......................./s1. The monoisotopic (exact) mass is 795 g/mol. The summed E-state index contributed by atoms with van der Waals surface area (Å²) in [6.07, 6.45) is 18.9. The second-order valence-electron chi connectivity index (χ2n) is 16.0. The molecule has 0 saturated heterocycles. The number of hydrogen-bond donors (Lipinski definition) is 2. The van der Waals surface area contributed by atoms with Gasteiger partial charge >= 0.3 is 0 Å². The minimum Gasteiger partial charge on any atom is -0.390 e. The smallest absolute Gasteiger partial charge is 0.0622 e. The van der Waals surface area contributed by atoms with Crippen molar-refractivity contribution in [2.24, 2.45) is 46.8 Å². The fourth-order valence-electron chi connectivity index (χ4n) is 9.59. The third-order valence-electron chi connectivity index (χ3n) is 11.8. The van der Waals surface area contributed by atoms with Gasteiger partial charge in [-0.3, -0.25) is 0 Å². The van der Waals surface area contributed by atoms with Crippen LogP contribution in [0.5, 0.6) is 0 Å². The molecule has 0 bridgehead atoms. The molecule has 4 heteroatoms. The Hall–Kier alpha value is -6.20. The minimum atomic E-state index is -0.522. The SMILES string of the molecule is C#CC#CC#CC#CC#CC#CC#CC#CC#CC#CC#CC#CC#CC.C[C@H](CCC(C)(C)O)[C@H]1CC[C@H]2[C@@H]3CC[C@H]4C[C@](C)(O)CC[C@@H]4[C@H]3CC[C@]12C.O=O.[HH].[HH].[HH].[HH].[HH].[HH].[HH].[HH].[HH].[HH].[HH].[HH].[HH].[HH].[HH].[HH].[HH].[HH].[HH].[HH].[HH].[HH]. The molecule has 4 rings (SSSR count). The van der Waals surface area contributed by atoms with Crippen molar-refractivity contribution >= 4 is 0 Å². The van der Waals surface area contributed by atoms with Gasteiger partial charge in [-0.2, -0.15) is 0 Å². The first-order chi connectivity index (χ1) is 27.4. The van der Waals surface area contributed by atoms with Crippen LogP contribution < -0.4 is 0 Å². The van der Waals surface area contributed by atoms with E-state index in [-0.39, 0.29) is 31.4 Å². The molecule has 4 nitrogen and oxygen atoms in total. The fourth-order valence-corrected chi connectivity index (χ4v) is 9.59. The van der Waals surface area contributed by atoms with Crippen LogP contribution in [0.25, 0.3) is 0 Å². The lowest BCUT2D eigenvalue weighted by atomic mass is 9.48. The Morgan fingerprint density at radius 3 is 1.51 bits per heavy atom. The molecule has 0 heterocycles. The number of rotatable bonds is 4. The van der Waals surface area contributed by atoms with Crippen LogP contribution in [0.2, 0.25) is 0 Å². The molecular weight excluding hydrogens is 701 g/mol. The lowest BCUT2D eigenvalue weighted by molar-refractivity contribution is -0.103. The van der Waals surface area contributed by atoms with Crippen molar-refractivity contribution in [3.63, 3.8) is 0 Å². The summed E-state index contributed by atoms with van der Waals surface area (Å²) >= 11 is 0. The van der Waals surface area contributed by atoms with E-state index in [0.29, 0.717) is 5.41 Å². The number of hydrogen-bond acceptors (Lipinski definition) is 4. The number of terminal acetylenes is 1. The highest BCUT2D eigenvalue weighted by Gasteiger charge is 2.58. The van der Waals surface area contributed by atoms with Crippen LogP contribution in [0.3, 0.4) is 0 Å². The highest BCUT2D eigenvalue weighted by molar-refractivity contribution is 5.48. The summed E-state index contributed by atoms with van der Waals surface area (Å²) in [5.41, 5.74) is -0.385. The fraction of sp³-hybridized carbons (Fsp3) is 0.509. The molecule has 9 atom stereocenters. The van der Waals surface area contributed by atoms with Gasteiger partial charge in [0.2, 0.25) is 0 Å². The van der Waals surface area contributed by atoms with Crippen molar-refractivity contribution in [3.05, 3.63) is 9.93 Å². The van der Waals surface area contributed by atoms with Gasteiger partial charge in [0.15, 0.2) is 0 Å². The minimum absolute atomic E-state index is 0. The number of aliphatic hydroxyl groups is 2. The van der Waals surface area contributed by atoms with Crippen LogP contribution in [0.1, 0.15) is 144 Å². The van der Waals surface area contributed by atoms with Gasteiger partial charge in [-0.15, -0.1) is 6.42 Å². The number of fused-ring (bicyclic) bond motifs is 5. The van der Waals surface area contributed by atoms with Crippen molar-refractivity contribution < 1.29 is 41.6 Å². The molecule has 4 saturated carbocycles. The summed E-state index contributed by atoms with van der Waals surface area (Å²) in [6, 6.07) is 0. The Labute approximate surface area is 376 Å². The van der Waals surface area contributed by atoms with Crippen molar-refractivity contribution in [3.8, 4) is 154 Å². The maximum Gasteiger partial charge on any atom is 0.0622 e. The predicted octanol–water partition coefficient (Wildman–Crippen LogP) is 12.4. The normalized spacial score (nSPS) is 26.4. The van der Waals surface area contributed by atoms with E-state index in [1.165, 1.54) is 51.4 Å². The molecule has 0 spiro atoms. The maximum atomic E-state index is 10.6. The van der Waals surface area contributed by atoms with E-state index in [2.05, 4.69) is 169 Å². The van der Waals surface area contributed by atoms with E-state index < -0.39 is 11.2 Å². The van der Waals surface area contributed by atoms with Crippen LogP contribution >= 0.6 is 0 Å². The Kier molecular flexibility index (Phi) is 20.6. The molecule has 4 fully saturated rings. The second kappa shape index (κ2) is 25.1. The molecule has 2 N–H and O–H groups in total. The van der Waals surface area contributed by atoms with Crippen LogP contribution in [0.15, 0.2) is 0 Å². The first kappa shape index (κ1) is 47.0. The third-order valence-corrected chi connectivity index (χ3v) is 11.8. The molecule has 330 valence electrons. The lowest BCUT2D eigenvalue weighted by Gasteiger charge is -2.57. The zero-order valence-electron chi connectivity index (χ0n) is 34.1. The quantitative estimate of drug-likeness (QED) is 0.278. The zero-order valence-corrected chi connectivity index (χ0v) is 34.1. The second-order valence-corrected chi connectivity index (χ2v) is 16.0. The molecule has 0 amide bonds. The van der Waals surface area contributed by atoms with Crippen LogP contribution in [-0.4, -0.2) is 21.4 Å². The van der Waals surface area contributed by atoms with Gasteiger partial charge in [0.25, 0.3) is 0 Å². The summed E-state index contributed by atoms with van der Waals surface area (Å²) in [6.45, 7) is 12.8. The first-order valence-electron chi connectivity index (χ1n) is 19.4. The Morgan fingerprint density at radius 2 is 1.07 bits per heavy atom. The van der Waals surface area contributed by atoms with Gasteiger partial charge < -0.3 is 10.2 Å². The van der Waals surface area contributed by atoms with E-state index in [4.69, 9.17) is 16.4 Å². The van der Waals surface area contributed by atoms with Crippen LogP contribution in [0.4, 0.5) is 0 Å². The van der Waals surface area contributed by atoms with E-state index in [1.54, 1.807) is 6.92 Å². The summed E-state index contributed by atoms with van der Waals surface area (Å²) < 4.78 is 0. The molecular formula is C53H94O4. The molecule has 4 aliphatic rings. The van der Waals surface area contributed by atoms with E-state index in [9.17, 15) is 10.2 Å². The van der Waals surface area contributed by atoms with E-state index >= 15 is 0 Å². The maximum absolute atomic E-state index is 10.6. The van der Waals surface area contributed by atoms with Gasteiger partial charge in [0, 0.05) is 88.7 Å². The lowest BCUT2D eigenvalue weighted by Crippen LogP contribution is -2.50. The average Bonchev–Trinajstić information content (AvgIpc) is 3.55. The van der Waals surface area contributed by atoms with Gasteiger partial charge in [-0.1, -0.05) is 19.8 Å². The molecule has 57 heavy (non-hydrogen) atoms. The summed E-state index contributed by atoms with van der Waals surface area (Å²) in [4.78, 5) is 14.0. The molecule has 0 aromatic heterocycles. The van der Waals surface area contributed by atoms with Crippen molar-refractivity contribution in [2.45, 2.75) is 123 Å². The van der Waals surface area contributed by atoms with E-state index in [1.807, 2.05) is 13.8 Å². The Morgan fingerprint density at radius 1 is 0.632 bits per heavy atom. The summed E-state index contributed by atoms with van der Waals surface area (Å²) in [5, 5.41) is 20.8. The topological polar surface area (TPSA) is 74.6 Å². The predicted molar refractivity (Wildman–Crippen MR) is 277 cm³/mol. The van der Waals surface area contributed by atoms with Crippen LogP contribution in [-0.2, 0) is 0 Å². The molecule has 0 unspecified atom stereocenters. The van der Waals surface area contributed by atoms with Gasteiger partial charge in [-0.25, -0.2) is 0 Å². The average molecular weight is 795 g/mol. The van der Waals surface area contributed by atoms with Crippen LogP contribution in [0, 0.1) is 211 Å². The van der Waals surface area contributed by atoms with Gasteiger partial charge in [-0.05, 0) is 240 Å². The van der Waals surface area contributed by atoms with Gasteiger partial charge in [0.1, 0.15) is 0 Å². The third kappa shape index (κ3) is 16.6. The molecule has 0 radical (unpaired) electrons. The van der Waals surface area contributed by atoms with Crippen molar-refractivity contribution in [1.82, 2.24) is 0 Å². The van der Waals surface area contributed by atoms with Crippen molar-refractivity contribution in [1.29, 1.82) is 0 Å². The summed E-state index contributed by atoms with van der Waals surface area (Å²) in [7, 11) is 0. The summed E-state index contributed by atoms with van der Waals surface area (Å²) in [5.74, 6) is 68.0. The highest BCUT2D eigenvalue weighted by Crippen LogP contribution is 2.66. The molecule has 0 aliphatic heterocycles. The van der Waals surface area contributed by atoms with E-state index in [0.717, 1.165) is 60.7 Å². The molecule has 0 aromatic rings. The largest absolute Gasteiger partial charge is 0.390 e.